The number of nitrogens with one attached hydrogen (secondary N) is 1. The van der Waals surface area contributed by atoms with Crippen LogP contribution in [0, 0.1) is 6.92 Å². The minimum absolute atomic E-state index is 0.468. The SMILES string of the molecule is CCOCCCNC(N)=NCc1sc(-c2ccccc2)nc1C. The predicted molar refractivity (Wildman–Crippen MR) is 96.7 cm³/mol. The monoisotopic (exact) mass is 332 g/mol. The highest BCUT2D eigenvalue weighted by molar-refractivity contribution is 7.15. The Balaban J connectivity index is 1.88. The van der Waals surface area contributed by atoms with Crippen LogP contribution >= 0.6 is 11.3 Å². The Hall–Kier alpha value is -1.92. The van der Waals surface area contributed by atoms with E-state index in [1.165, 1.54) is 0 Å². The van der Waals surface area contributed by atoms with Crippen LogP contribution in [-0.2, 0) is 11.3 Å². The molecule has 0 spiro atoms. The van der Waals surface area contributed by atoms with Gasteiger partial charge in [0.05, 0.1) is 12.2 Å². The molecule has 0 atom stereocenters. The summed E-state index contributed by atoms with van der Waals surface area (Å²) in [5.41, 5.74) is 8.04. The van der Waals surface area contributed by atoms with Crippen LogP contribution in [0.15, 0.2) is 35.3 Å². The molecular formula is C17H24N4OS. The first-order valence-electron chi connectivity index (χ1n) is 7.84. The van der Waals surface area contributed by atoms with Crippen molar-refractivity contribution in [2.45, 2.75) is 26.8 Å². The molecule has 0 aliphatic rings. The molecule has 0 radical (unpaired) electrons. The molecule has 23 heavy (non-hydrogen) atoms. The molecule has 1 heterocycles. The number of benzene rings is 1. The molecule has 1 aromatic carbocycles. The molecule has 0 fully saturated rings. The number of hydrogen-bond donors (Lipinski definition) is 2. The van der Waals surface area contributed by atoms with Gasteiger partial charge in [-0.15, -0.1) is 11.3 Å². The summed E-state index contributed by atoms with van der Waals surface area (Å²) in [4.78, 5) is 10.2. The Morgan fingerprint density at radius 1 is 1.35 bits per heavy atom. The molecule has 2 rings (SSSR count). The van der Waals surface area contributed by atoms with E-state index in [0.29, 0.717) is 12.5 Å². The fourth-order valence-corrected chi connectivity index (χ4v) is 3.02. The van der Waals surface area contributed by atoms with Crippen molar-refractivity contribution in [3.63, 3.8) is 0 Å². The van der Waals surface area contributed by atoms with E-state index in [1.807, 2.05) is 32.0 Å². The summed E-state index contributed by atoms with van der Waals surface area (Å²) in [6.07, 6.45) is 0.918. The summed E-state index contributed by atoms with van der Waals surface area (Å²) in [5, 5.41) is 4.13. The molecule has 0 bridgehead atoms. The number of rotatable bonds is 8. The van der Waals surface area contributed by atoms with E-state index in [9.17, 15) is 0 Å². The first-order chi connectivity index (χ1) is 11.2. The molecule has 0 aliphatic carbocycles. The van der Waals surface area contributed by atoms with E-state index in [4.69, 9.17) is 10.5 Å². The van der Waals surface area contributed by atoms with Gasteiger partial charge in [-0.2, -0.15) is 0 Å². The van der Waals surface area contributed by atoms with Gasteiger partial charge in [-0.3, -0.25) is 0 Å². The number of ether oxygens (including phenoxy) is 1. The van der Waals surface area contributed by atoms with Crippen molar-refractivity contribution in [1.82, 2.24) is 10.3 Å². The maximum absolute atomic E-state index is 5.89. The lowest BCUT2D eigenvalue weighted by Gasteiger charge is -2.05. The Kier molecular flexibility index (Phi) is 7.03. The summed E-state index contributed by atoms with van der Waals surface area (Å²) in [6.45, 7) is 6.82. The van der Waals surface area contributed by atoms with Crippen LogP contribution < -0.4 is 11.1 Å². The predicted octanol–water partition coefficient (Wildman–Crippen LogP) is 2.95. The second kappa shape index (κ2) is 9.27. The standard InChI is InChI=1S/C17H24N4OS/c1-3-22-11-7-10-19-17(18)20-12-15-13(2)21-16(23-15)14-8-5-4-6-9-14/h4-6,8-9H,3,7,10-12H2,1-2H3,(H3,18,19,20). The molecule has 0 unspecified atom stereocenters. The fourth-order valence-electron chi connectivity index (χ4n) is 2.03. The molecule has 0 saturated heterocycles. The third kappa shape index (κ3) is 5.65. The van der Waals surface area contributed by atoms with E-state index in [-0.39, 0.29) is 0 Å². The van der Waals surface area contributed by atoms with Crippen LogP contribution in [0.5, 0.6) is 0 Å². The van der Waals surface area contributed by atoms with E-state index in [1.54, 1.807) is 11.3 Å². The summed E-state index contributed by atoms with van der Waals surface area (Å²) >= 11 is 1.67. The topological polar surface area (TPSA) is 72.5 Å². The molecule has 2 aromatic rings. The highest BCUT2D eigenvalue weighted by Crippen LogP contribution is 2.28. The maximum atomic E-state index is 5.89. The van der Waals surface area contributed by atoms with Gasteiger partial charge in [0.15, 0.2) is 5.96 Å². The molecular weight excluding hydrogens is 308 g/mol. The van der Waals surface area contributed by atoms with E-state index < -0.39 is 0 Å². The maximum Gasteiger partial charge on any atom is 0.188 e. The average molecular weight is 332 g/mol. The van der Waals surface area contributed by atoms with Crippen molar-refractivity contribution < 1.29 is 4.74 Å². The normalized spacial score (nSPS) is 11.7. The van der Waals surface area contributed by atoms with Gasteiger partial charge in [-0.05, 0) is 20.3 Å². The average Bonchev–Trinajstić information content (AvgIpc) is 2.94. The Labute approximate surface area is 141 Å². The van der Waals surface area contributed by atoms with Crippen LogP contribution in [0.4, 0.5) is 0 Å². The Morgan fingerprint density at radius 2 is 2.13 bits per heavy atom. The zero-order valence-electron chi connectivity index (χ0n) is 13.7. The highest BCUT2D eigenvalue weighted by Gasteiger charge is 2.08. The molecule has 5 nitrogen and oxygen atoms in total. The van der Waals surface area contributed by atoms with Crippen LogP contribution in [0.25, 0.3) is 10.6 Å². The van der Waals surface area contributed by atoms with Gasteiger partial charge in [0, 0.05) is 30.2 Å². The van der Waals surface area contributed by atoms with Crippen LogP contribution in [0.2, 0.25) is 0 Å². The van der Waals surface area contributed by atoms with Gasteiger partial charge < -0.3 is 15.8 Å². The third-order valence-electron chi connectivity index (χ3n) is 3.28. The lowest BCUT2D eigenvalue weighted by Crippen LogP contribution is -2.32. The largest absolute Gasteiger partial charge is 0.382 e. The molecule has 0 aliphatic heterocycles. The summed E-state index contributed by atoms with van der Waals surface area (Å²) in [7, 11) is 0. The number of aliphatic imine (C=N–C) groups is 1. The number of guanidine groups is 1. The van der Waals surface area contributed by atoms with Crippen LogP contribution in [-0.4, -0.2) is 30.7 Å². The van der Waals surface area contributed by atoms with Gasteiger partial charge in [0.2, 0.25) is 0 Å². The first kappa shape index (κ1) is 17.4. The van der Waals surface area contributed by atoms with Gasteiger partial charge in [0.1, 0.15) is 5.01 Å². The van der Waals surface area contributed by atoms with Crippen LogP contribution in [0.1, 0.15) is 23.9 Å². The van der Waals surface area contributed by atoms with Gasteiger partial charge in [0.25, 0.3) is 0 Å². The fraction of sp³-hybridized carbons (Fsp3) is 0.412. The van der Waals surface area contributed by atoms with Gasteiger partial charge in [-0.25, -0.2) is 9.98 Å². The van der Waals surface area contributed by atoms with Gasteiger partial charge in [-0.1, -0.05) is 30.3 Å². The van der Waals surface area contributed by atoms with Crippen molar-refractivity contribution in [2.24, 2.45) is 10.7 Å². The molecule has 6 heteroatoms. The number of hydrogen-bond acceptors (Lipinski definition) is 4. The van der Waals surface area contributed by atoms with Crippen molar-refractivity contribution in [3.05, 3.63) is 40.9 Å². The number of nitrogens with zero attached hydrogens (tertiary/aromatic N) is 2. The zero-order chi connectivity index (χ0) is 16.5. The second-order valence-electron chi connectivity index (χ2n) is 5.07. The summed E-state index contributed by atoms with van der Waals surface area (Å²) in [6, 6.07) is 10.2. The highest BCUT2D eigenvalue weighted by atomic mass is 32.1. The Bertz CT molecular complexity index is 625. The van der Waals surface area contributed by atoms with Gasteiger partial charge >= 0.3 is 0 Å². The van der Waals surface area contributed by atoms with E-state index in [2.05, 4.69) is 27.4 Å². The quantitative estimate of drug-likeness (QED) is 0.443. The van der Waals surface area contributed by atoms with Crippen LogP contribution in [0.3, 0.4) is 0 Å². The minimum Gasteiger partial charge on any atom is -0.382 e. The number of aryl methyl sites for hydroxylation is 1. The smallest absolute Gasteiger partial charge is 0.188 e. The van der Waals surface area contributed by atoms with Crippen molar-refractivity contribution >= 4 is 17.3 Å². The summed E-state index contributed by atoms with van der Waals surface area (Å²) in [5.74, 6) is 0.468. The number of thiazole rings is 1. The second-order valence-corrected chi connectivity index (χ2v) is 6.16. The molecule has 124 valence electrons. The molecule has 0 amide bonds. The molecule has 0 saturated carbocycles. The lowest BCUT2D eigenvalue weighted by molar-refractivity contribution is 0.145. The van der Waals surface area contributed by atoms with Crippen molar-refractivity contribution in [2.75, 3.05) is 19.8 Å². The molecule has 1 aromatic heterocycles. The summed E-state index contributed by atoms with van der Waals surface area (Å²) < 4.78 is 5.28. The third-order valence-corrected chi connectivity index (χ3v) is 4.47. The van der Waals surface area contributed by atoms with E-state index in [0.717, 1.165) is 47.3 Å². The number of nitrogens with two attached hydrogens (primary N) is 1. The zero-order valence-corrected chi connectivity index (χ0v) is 14.5. The number of aromatic nitrogens is 1. The first-order valence-corrected chi connectivity index (χ1v) is 8.65. The lowest BCUT2D eigenvalue weighted by atomic mass is 10.2. The van der Waals surface area contributed by atoms with Crippen molar-refractivity contribution in [3.8, 4) is 10.6 Å². The van der Waals surface area contributed by atoms with E-state index >= 15 is 0 Å². The van der Waals surface area contributed by atoms with Crippen molar-refractivity contribution in [1.29, 1.82) is 0 Å². The minimum atomic E-state index is 0.468. The Morgan fingerprint density at radius 3 is 2.87 bits per heavy atom. The molecule has 3 N–H and O–H groups in total.